The van der Waals surface area contributed by atoms with Crippen molar-refractivity contribution in [2.75, 3.05) is 10.6 Å². The molecule has 0 saturated heterocycles. The van der Waals surface area contributed by atoms with Crippen LogP contribution in [-0.2, 0) is 11.3 Å². The van der Waals surface area contributed by atoms with Crippen LogP contribution in [0.25, 0.3) is 0 Å². The lowest BCUT2D eigenvalue weighted by Gasteiger charge is -2.09. The summed E-state index contributed by atoms with van der Waals surface area (Å²) in [4.78, 5) is 11.3. The molecule has 0 saturated carbocycles. The first kappa shape index (κ1) is 15.2. The summed E-state index contributed by atoms with van der Waals surface area (Å²) < 4.78 is 0. The zero-order valence-electron chi connectivity index (χ0n) is 11.7. The average molecular weight is 305 g/mol. The molecule has 1 amide bonds. The fraction of sp³-hybridized carbons (Fsp3) is 0.188. The maximum absolute atomic E-state index is 11.3. The van der Waals surface area contributed by atoms with Gasteiger partial charge in [-0.15, -0.1) is 0 Å². The molecule has 0 aliphatic rings. The highest BCUT2D eigenvalue weighted by molar-refractivity contribution is 6.32. The fourth-order valence-electron chi connectivity index (χ4n) is 1.79. The summed E-state index contributed by atoms with van der Waals surface area (Å²) in [5.41, 5.74) is 2.69. The van der Waals surface area contributed by atoms with Crippen molar-refractivity contribution in [3.63, 3.8) is 0 Å². The van der Waals surface area contributed by atoms with Gasteiger partial charge in [-0.25, -0.2) is 0 Å². The maximum atomic E-state index is 11.3. The Morgan fingerprint density at radius 1 is 1.14 bits per heavy atom. The van der Waals surface area contributed by atoms with E-state index in [0.29, 0.717) is 18.0 Å². The molecule has 0 aromatic heterocycles. The number of nitrogens with one attached hydrogen (secondary N) is 2. The molecule has 21 heavy (non-hydrogen) atoms. The van der Waals surface area contributed by atoms with Gasteiger partial charge in [-0.05, 0) is 42.0 Å². The summed E-state index contributed by atoms with van der Waals surface area (Å²) in [6.45, 7) is 2.41. The number of halogens is 1. The molecule has 2 aromatic rings. The van der Waals surface area contributed by atoms with Crippen LogP contribution in [0.5, 0.6) is 5.75 Å². The first-order valence-electron chi connectivity index (χ1n) is 6.69. The Morgan fingerprint density at radius 2 is 1.81 bits per heavy atom. The third kappa shape index (κ3) is 4.39. The van der Waals surface area contributed by atoms with Crippen molar-refractivity contribution < 1.29 is 9.90 Å². The number of rotatable bonds is 5. The summed E-state index contributed by atoms with van der Waals surface area (Å²) in [7, 11) is 0. The van der Waals surface area contributed by atoms with Crippen LogP contribution in [0.2, 0.25) is 5.02 Å². The van der Waals surface area contributed by atoms with Gasteiger partial charge in [-0.3, -0.25) is 4.79 Å². The summed E-state index contributed by atoms with van der Waals surface area (Å²) in [5, 5.41) is 15.7. The van der Waals surface area contributed by atoms with E-state index in [9.17, 15) is 9.90 Å². The van der Waals surface area contributed by atoms with Gasteiger partial charge < -0.3 is 15.7 Å². The SMILES string of the molecule is CCC(=O)Nc1ccc(NCc2ccc(O)c(Cl)c2)cc1. The lowest BCUT2D eigenvalue weighted by molar-refractivity contribution is -0.115. The third-order valence-electron chi connectivity index (χ3n) is 3.00. The second-order valence-electron chi connectivity index (χ2n) is 4.62. The van der Waals surface area contributed by atoms with Gasteiger partial charge in [0.25, 0.3) is 0 Å². The number of hydrogen-bond acceptors (Lipinski definition) is 3. The van der Waals surface area contributed by atoms with Crippen molar-refractivity contribution >= 4 is 28.9 Å². The van der Waals surface area contributed by atoms with E-state index < -0.39 is 0 Å². The van der Waals surface area contributed by atoms with E-state index in [4.69, 9.17) is 11.6 Å². The number of carbonyl (C=O) groups excluding carboxylic acids is 1. The molecular formula is C16H17ClN2O2. The van der Waals surface area contributed by atoms with Gasteiger partial charge in [-0.2, -0.15) is 0 Å². The Balaban J connectivity index is 1.94. The van der Waals surface area contributed by atoms with E-state index >= 15 is 0 Å². The normalized spacial score (nSPS) is 10.2. The number of phenolic OH excluding ortho intramolecular Hbond substituents is 1. The summed E-state index contributed by atoms with van der Waals surface area (Å²) in [6.07, 6.45) is 0.460. The van der Waals surface area contributed by atoms with E-state index in [0.717, 1.165) is 16.9 Å². The molecule has 0 spiro atoms. The van der Waals surface area contributed by atoms with Crippen LogP contribution in [0, 0.1) is 0 Å². The number of aromatic hydroxyl groups is 1. The van der Waals surface area contributed by atoms with Crippen LogP contribution in [0.4, 0.5) is 11.4 Å². The van der Waals surface area contributed by atoms with Crippen LogP contribution in [-0.4, -0.2) is 11.0 Å². The van der Waals surface area contributed by atoms with Crippen molar-refractivity contribution in [2.24, 2.45) is 0 Å². The third-order valence-corrected chi connectivity index (χ3v) is 3.30. The smallest absolute Gasteiger partial charge is 0.224 e. The van der Waals surface area contributed by atoms with E-state index in [-0.39, 0.29) is 11.7 Å². The minimum Gasteiger partial charge on any atom is -0.506 e. The molecule has 110 valence electrons. The van der Waals surface area contributed by atoms with Crippen LogP contribution in [0.1, 0.15) is 18.9 Å². The summed E-state index contributed by atoms with van der Waals surface area (Å²) >= 11 is 5.86. The number of hydrogen-bond donors (Lipinski definition) is 3. The highest BCUT2D eigenvalue weighted by Gasteiger charge is 2.01. The minimum atomic E-state index is -0.00514. The highest BCUT2D eigenvalue weighted by Crippen LogP contribution is 2.24. The van der Waals surface area contributed by atoms with Crippen molar-refractivity contribution in [2.45, 2.75) is 19.9 Å². The van der Waals surface area contributed by atoms with Crippen molar-refractivity contribution in [1.29, 1.82) is 0 Å². The Hall–Kier alpha value is -2.20. The zero-order chi connectivity index (χ0) is 15.2. The van der Waals surface area contributed by atoms with Crippen LogP contribution >= 0.6 is 11.6 Å². The Labute approximate surface area is 128 Å². The average Bonchev–Trinajstić information content (AvgIpc) is 2.50. The van der Waals surface area contributed by atoms with Gasteiger partial charge in [0.2, 0.25) is 5.91 Å². The van der Waals surface area contributed by atoms with Gasteiger partial charge in [0.05, 0.1) is 5.02 Å². The van der Waals surface area contributed by atoms with Crippen LogP contribution < -0.4 is 10.6 Å². The van der Waals surface area contributed by atoms with Gasteiger partial charge in [0.1, 0.15) is 5.75 Å². The first-order valence-corrected chi connectivity index (χ1v) is 7.07. The molecule has 0 aliphatic carbocycles. The molecule has 5 heteroatoms. The van der Waals surface area contributed by atoms with E-state index in [1.54, 1.807) is 12.1 Å². The minimum absolute atomic E-state index is 0.00514. The van der Waals surface area contributed by atoms with Crippen LogP contribution in [0.3, 0.4) is 0 Å². The lowest BCUT2D eigenvalue weighted by Crippen LogP contribution is -2.09. The van der Waals surface area contributed by atoms with Crippen molar-refractivity contribution in [1.82, 2.24) is 0 Å². The van der Waals surface area contributed by atoms with Gasteiger partial charge in [-0.1, -0.05) is 24.6 Å². The van der Waals surface area contributed by atoms with Gasteiger partial charge >= 0.3 is 0 Å². The molecular weight excluding hydrogens is 288 g/mol. The first-order chi connectivity index (χ1) is 10.1. The summed E-state index contributed by atoms with van der Waals surface area (Å²) in [5.74, 6) is 0.0749. The topological polar surface area (TPSA) is 61.4 Å². The lowest BCUT2D eigenvalue weighted by atomic mass is 10.2. The maximum Gasteiger partial charge on any atom is 0.224 e. The monoisotopic (exact) mass is 304 g/mol. The fourth-order valence-corrected chi connectivity index (χ4v) is 1.99. The Bertz CT molecular complexity index is 627. The Kier molecular flexibility index (Phi) is 5.06. The number of anilines is 2. The highest BCUT2D eigenvalue weighted by atomic mass is 35.5. The molecule has 0 aliphatic heterocycles. The molecule has 3 N–H and O–H groups in total. The van der Waals surface area contributed by atoms with E-state index in [2.05, 4.69) is 10.6 Å². The van der Waals surface area contributed by atoms with Crippen molar-refractivity contribution in [3.8, 4) is 5.75 Å². The standard InChI is InChI=1S/C16H17ClN2O2/c1-2-16(21)19-13-6-4-12(5-7-13)18-10-11-3-8-15(20)14(17)9-11/h3-9,18,20H,2,10H2,1H3,(H,19,21). The van der Waals surface area contributed by atoms with Gasteiger partial charge in [0, 0.05) is 24.3 Å². The largest absolute Gasteiger partial charge is 0.506 e. The molecule has 0 unspecified atom stereocenters. The molecule has 0 heterocycles. The summed E-state index contributed by atoms with van der Waals surface area (Å²) in [6, 6.07) is 12.6. The second-order valence-corrected chi connectivity index (χ2v) is 5.03. The predicted octanol–water partition coefficient (Wildman–Crippen LogP) is 4.01. The van der Waals surface area contributed by atoms with Crippen LogP contribution in [0.15, 0.2) is 42.5 Å². The molecule has 2 rings (SSSR count). The Morgan fingerprint density at radius 3 is 2.43 bits per heavy atom. The number of benzene rings is 2. The molecule has 0 fully saturated rings. The predicted molar refractivity (Wildman–Crippen MR) is 85.8 cm³/mol. The van der Waals surface area contributed by atoms with E-state index in [1.165, 1.54) is 0 Å². The molecule has 2 aromatic carbocycles. The number of amides is 1. The number of phenols is 1. The number of carbonyl (C=O) groups is 1. The van der Waals surface area contributed by atoms with Crippen molar-refractivity contribution in [3.05, 3.63) is 53.1 Å². The zero-order valence-corrected chi connectivity index (χ0v) is 12.4. The quantitative estimate of drug-likeness (QED) is 0.782. The molecule has 4 nitrogen and oxygen atoms in total. The van der Waals surface area contributed by atoms with Gasteiger partial charge in [0.15, 0.2) is 0 Å². The molecule has 0 bridgehead atoms. The van der Waals surface area contributed by atoms with E-state index in [1.807, 2.05) is 37.3 Å². The molecule has 0 atom stereocenters. The molecule has 0 radical (unpaired) electrons. The second kappa shape index (κ2) is 6.99.